The topological polar surface area (TPSA) is 94.3 Å². The van der Waals surface area contributed by atoms with E-state index in [0.29, 0.717) is 29.1 Å². The predicted octanol–water partition coefficient (Wildman–Crippen LogP) is 3.14. The summed E-state index contributed by atoms with van der Waals surface area (Å²) >= 11 is 0. The Bertz CT molecular complexity index is 1490. The van der Waals surface area contributed by atoms with Crippen molar-refractivity contribution in [2.45, 2.75) is 32.1 Å². The van der Waals surface area contributed by atoms with Crippen LogP contribution < -0.4 is 5.56 Å². The Morgan fingerprint density at radius 2 is 1.91 bits per heavy atom. The van der Waals surface area contributed by atoms with Crippen molar-refractivity contribution in [1.29, 1.82) is 0 Å². The van der Waals surface area contributed by atoms with Crippen molar-refractivity contribution in [3.8, 4) is 22.5 Å². The molecule has 0 amide bonds. The Balaban J connectivity index is 1.53. The second-order valence-electron chi connectivity index (χ2n) is 8.24. The molecule has 4 aromatic rings. The molecule has 1 atom stereocenters. The summed E-state index contributed by atoms with van der Waals surface area (Å²) in [5.41, 5.74) is 3.77. The minimum Gasteiger partial charge on any atom is -0.458 e. The van der Waals surface area contributed by atoms with Gasteiger partial charge in [-0.1, -0.05) is 13.0 Å². The van der Waals surface area contributed by atoms with Crippen molar-refractivity contribution in [3.05, 3.63) is 81.9 Å². The number of ether oxygens (including phenoxy) is 1. The van der Waals surface area contributed by atoms with Gasteiger partial charge in [-0.05, 0) is 53.9 Å². The lowest BCUT2D eigenvalue weighted by Gasteiger charge is -2.31. The number of cyclic esters (lactones) is 1. The zero-order valence-electron chi connectivity index (χ0n) is 17.3. The Kier molecular flexibility index (Phi) is 3.88. The van der Waals surface area contributed by atoms with Crippen LogP contribution in [0.2, 0.25) is 0 Å². The average molecular weight is 425 g/mol. The van der Waals surface area contributed by atoms with Crippen LogP contribution in [0.15, 0.2) is 59.7 Å². The highest BCUT2D eigenvalue weighted by molar-refractivity contribution is 5.89. The molecule has 0 aliphatic carbocycles. The molecule has 32 heavy (non-hydrogen) atoms. The van der Waals surface area contributed by atoms with Crippen molar-refractivity contribution >= 4 is 16.9 Å². The van der Waals surface area contributed by atoms with E-state index in [1.165, 1.54) is 0 Å². The summed E-state index contributed by atoms with van der Waals surface area (Å²) in [5, 5.41) is 11.9. The lowest BCUT2D eigenvalue weighted by molar-refractivity contribution is -0.172. The van der Waals surface area contributed by atoms with E-state index in [9.17, 15) is 14.7 Å². The maximum Gasteiger partial charge on any atom is 0.343 e. The van der Waals surface area contributed by atoms with Crippen LogP contribution in [-0.2, 0) is 28.3 Å². The fraction of sp³-hybridized carbons (Fsp3) is 0.200. The molecule has 7 nitrogen and oxygen atoms in total. The molecule has 7 heteroatoms. The molecule has 0 radical (unpaired) electrons. The first-order chi connectivity index (χ1) is 15.5. The number of pyridine rings is 3. The van der Waals surface area contributed by atoms with Gasteiger partial charge in [-0.2, -0.15) is 0 Å². The number of benzene rings is 1. The minimum absolute atomic E-state index is 0.123. The first kappa shape index (κ1) is 18.9. The highest BCUT2D eigenvalue weighted by Gasteiger charge is 2.45. The summed E-state index contributed by atoms with van der Waals surface area (Å²) in [7, 11) is 0. The quantitative estimate of drug-likeness (QED) is 0.437. The highest BCUT2D eigenvalue weighted by atomic mass is 16.6. The monoisotopic (exact) mass is 425 g/mol. The molecule has 2 aliphatic rings. The maximum absolute atomic E-state index is 13.2. The molecule has 0 bridgehead atoms. The second kappa shape index (κ2) is 6.58. The molecular formula is C25H19N3O4. The number of carbonyl (C=O) groups excluding carboxylic acids is 1. The Morgan fingerprint density at radius 3 is 2.69 bits per heavy atom. The summed E-state index contributed by atoms with van der Waals surface area (Å²) in [6, 6.07) is 13.8. The molecule has 0 unspecified atom stereocenters. The number of carbonyl (C=O) groups is 1. The molecule has 2 aliphatic heterocycles. The van der Waals surface area contributed by atoms with Crippen LogP contribution in [0.5, 0.6) is 0 Å². The van der Waals surface area contributed by atoms with Gasteiger partial charge in [0.2, 0.25) is 0 Å². The van der Waals surface area contributed by atoms with Crippen molar-refractivity contribution in [2.24, 2.45) is 0 Å². The number of esters is 1. The van der Waals surface area contributed by atoms with Gasteiger partial charge in [0, 0.05) is 28.9 Å². The van der Waals surface area contributed by atoms with E-state index < -0.39 is 11.6 Å². The first-order valence-electron chi connectivity index (χ1n) is 10.5. The van der Waals surface area contributed by atoms with Crippen LogP contribution in [0.1, 0.15) is 30.0 Å². The zero-order valence-corrected chi connectivity index (χ0v) is 17.3. The molecule has 0 saturated carbocycles. The van der Waals surface area contributed by atoms with E-state index in [0.717, 1.165) is 27.6 Å². The van der Waals surface area contributed by atoms with E-state index in [-0.39, 0.29) is 18.6 Å². The summed E-state index contributed by atoms with van der Waals surface area (Å²) in [6.07, 6.45) is 3.64. The maximum atomic E-state index is 13.2. The number of fused-ring (bicyclic) bond motifs is 5. The smallest absolute Gasteiger partial charge is 0.343 e. The minimum atomic E-state index is -1.82. The molecule has 6 rings (SSSR count). The van der Waals surface area contributed by atoms with Crippen LogP contribution in [0.4, 0.5) is 0 Å². The summed E-state index contributed by atoms with van der Waals surface area (Å²) in [5.74, 6) is -0.717. The van der Waals surface area contributed by atoms with E-state index in [1.54, 1.807) is 30.0 Å². The predicted molar refractivity (Wildman–Crippen MR) is 118 cm³/mol. The van der Waals surface area contributed by atoms with Gasteiger partial charge in [0.25, 0.3) is 5.56 Å². The van der Waals surface area contributed by atoms with Gasteiger partial charge in [-0.15, -0.1) is 0 Å². The van der Waals surface area contributed by atoms with Crippen LogP contribution in [0.25, 0.3) is 33.4 Å². The van der Waals surface area contributed by atoms with Crippen molar-refractivity contribution < 1.29 is 14.6 Å². The fourth-order valence-corrected chi connectivity index (χ4v) is 4.71. The van der Waals surface area contributed by atoms with E-state index in [1.807, 2.05) is 24.3 Å². The normalized spacial score (nSPS) is 18.8. The van der Waals surface area contributed by atoms with Gasteiger partial charge >= 0.3 is 5.97 Å². The molecule has 158 valence electrons. The van der Waals surface area contributed by atoms with Crippen LogP contribution in [0, 0.1) is 0 Å². The van der Waals surface area contributed by atoms with Gasteiger partial charge in [0.05, 0.1) is 29.0 Å². The molecule has 0 spiro atoms. The number of hydrogen-bond acceptors (Lipinski definition) is 6. The third-order valence-corrected chi connectivity index (χ3v) is 6.52. The summed E-state index contributed by atoms with van der Waals surface area (Å²) < 4.78 is 6.77. The molecular weight excluding hydrogens is 406 g/mol. The van der Waals surface area contributed by atoms with Crippen LogP contribution >= 0.6 is 0 Å². The molecule has 3 aromatic heterocycles. The third kappa shape index (κ3) is 2.51. The molecule has 1 aromatic carbocycles. The van der Waals surface area contributed by atoms with E-state index >= 15 is 0 Å². The number of aliphatic hydroxyl groups is 1. The van der Waals surface area contributed by atoms with Gasteiger partial charge < -0.3 is 14.4 Å². The lowest BCUT2D eigenvalue weighted by atomic mass is 9.86. The number of aromatic nitrogens is 3. The highest BCUT2D eigenvalue weighted by Crippen LogP contribution is 2.38. The second-order valence-corrected chi connectivity index (χ2v) is 8.24. The van der Waals surface area contributed by atoms with Gasteiger partial charge in [-0.3, -0.25) is 9.78 Å². The van der Waals surface area contributed by atoms with Gasteiger partial charge in [-0.25, -0.2) is 9.78 Å². The van der Waals surface area contributed by atoms with Crippen molar-refractivity contribution in [2.75, 3.05) is 0 Å². The molecule has 5 heterocycles. The molecule has 1 N–H and O–H groups in total. The largest absolute Gasteiger partial charge is 0.458 e. The Hall–Kier alpha value is -3.84. The van der Waals surface area contributed by atoms with Crippen molar-refractivity contribution in [3.63, 3.8) is 0 Å². The van der Waals surface area contributed by atoms with Gasteiger partial charge in [0.1, 0.15) is 6.61 Å². The Labute approximate surface area is 183 Å². The number of rotatable bonds is 2. The standard InChI is InChI=1S/C25H19N3O4/c1-2-25(31)19-11-21-22-17(12-28(21)23(29)18(19)13-32-24(25)30)10-16-9-15(3-4-20(16)27-22)14-5-7-26-8-6-14/h3-11,31H,2,12-13H2,1H3/t25-/m0/s1. The number of nitrogens with zero attached hydrogens (tertiary/aromatic N) is 3. The number of hydrogen-bond donors (Lipinski definition) is 1. The summed E-state index contributed by atoms with van der Waals surface area (Å²) in [6.45, 7) is 1.95. The van der Waals surface area contributed by atoms with Crippen molar-refractivity contribution in [1.82, 2.24) is 14.5 Å². The fourth-order valence-electron chi connectivity index (χ4n) is 4.71. The molecule has 0 fully saturated rings. The molecule has 0 saturated heterocycles. The zero-order chi connectivity index (χ0) is 22.0. The average Bonchev–Trinajstić information content (AvgIpc) is 3.18. The van der Waals surface area contributed by atoms with Crippen LogP contribution in [0.3, 0.4) is 0 Å². The third-order valence-electron chi connectivity index (χ3n) is 6.52. The first-order valence-corrected chi connectivity index (χ1v) is 10.5. The SMILES string of the molecule is CC[C@@]1(O)C(=O)OCc2c1cc1n(c2=O)Cc2cc3cc(-c4ccncc4)ccc3nc2-1. The lowest BCUT2D eigenvalue weighted by Crippen LogP contribution is -2.44. The van der Waals surface area contributed by atoms with Crippen LogP contribution in [-0.4, -0.2) is 25.6 Å². The summed E-state index contributed by atoms with van der Waals surface area (Å²) in [4.78, 5) is 34.5. The van der Waals surface area contributed by atoms with Gasteiger partial charge in [0.15, 0.2) is 5.60 Å². The Morgan fingerprint density at radius 1 is 1.09 bits per heavy atom. The van der Waals surface area contributed by atoms with E-state index in [4.69, 9.17) is 9.72 Å². The van der Waals surface area contributed by atoms with E-state index in [2.05, 4.69) is 17.1 Å².